The van der Waals surface area contributed by atoms with E-state index in [1.807, 2.05) is 0 Å². The van der Waals surface area contributed by atoms with Crippen LogP contribution in [-0.4, -0.2) is 61.5 Å². The van der Waals surface area contributed by atoms with Gasteiger partial charge in [-0.3, -0.25) is 4.90 Å². The van der Waals surface area contributed by atoms with Crippen LogP contribution in [0.4, 0.5) is 0 Å². The maximum Gasteiger partial charge on any atom is 0.214 e. The van der Waals surface area contributed by atoms with E-state index in [9.17, 15) is 8.42 Å². The molecule has 1 unspecified atom stereocenters. The van der Waals surface area contributed by atoms with Gasteiger partial charge in [0.05, 0.1) is 5.75 Å². The van der Waals surface area contributed by atoms with Crippen molar-refractivity contribution >= 4 is 21.6 Å². The van der Waals surface area contributed by atoms with Crippen LogP contribution in [0.5, 0.6) is 0 Å². The Hall–Kier alpha value is 0.160. The number of halogens is 1. The summed E-state index contributed by atoms with van der Waals surface area (Å²) in [7, 11) is -3.07. The lowest BCUT2D eigenvalue weighted by Crippen LogP contribution is -2.56. The zero-order chi connectivity index (χ0) is 12.3. The normalized spacial score (nSPS) is 27.9. The third-order valence-corrected chi connectivity index (χ3v) is 5.92. The van der Waals surface area contributed by atoms with Crippen LogP contribution in [-0.2, 0) is 10.0 Å². The first-order valence-electron chi connectivity index (χ1n) is 6.41. The van der Waals surface area contributed by atoms with Gasteiger partial charge in [0.1, 0.15) is 0 Å². The molecule has 2 aliphatic heterocycles. The predicted molar refractivity (Wildman–Crippen MR) is 69.9 cm³/mol. The summed E-state index contributed by atoms with van der Waals surface area (Å²) in [4.78, 5) is 2.44. The van der Waals surface area contributed by atoms with Crippen molar-refractivity contribution in [2.45, 2.75) is 31.7 Å². The van der Waals surface area contributed by atoms with Gasteiger partial charge in [-0.2, -0.15) is 4.31 Å². The molecule has 6 heteroatoms. The van der Waals surface area contributed by atoms with Crippen molar-refractivity contribution < 1.29 is 8.42 Å². The number of piperidine rings is 1. The van der Waals surface area contributed by atoms with Gasteiger partial charge in [-0.05, 0) is 25.8 Å². The van der Waals surface area contributed by atoms with E-state index < -0.39 is 10.0 Å². The highest BCUT2D eigenvalue weighted by molar-refractivity contribution is 7.89. The SMILES string of the molecule is O=S(=O)(CCCCl)N1CCN2CCCCC2C1. The van der Waals surface area contributed by atoms with Gasteiger partial charge in [0.25, 0.3) is 0 Å². The molecule has 0 N–H and O–H groups in total. The Bertz CT molecular complexity index is 347. The Labute approximate surface area is 109 Å². The average molecular weight is 281 g/mol. The fraction of sp³-hybridized carbons (Fsp3) is 1.00. The van der Waals surface area contributed by atoms with E-state index in [0.717, 1.165) is 19.5 Å². The molecule has 0 aliphatic carbocycles. The molecule has 0 aromatic carbocycles. The smallest absolute Gasteiger partial charge is 0.214 e. The molecule has 0 spiro atoms. The Morgan fingerprint density at radius 1 is 1.18 bits per heavy atom. The Morgan fingerprint density at radius 2 is 2.00 bits per heavy atom. The van der Waals surface area contributed by atoms with Crippen LogP contribution in [0.1, 0.15) is 25.7 Å². The summed E-state index contributed by atoms with van der Waals surface area (Å²) >= 11 is 5.57. The quantitative estimate of drug-likeness (QED) is 0.725. The molecule has 2 rings (SSSR count). The van der Waals surface area contributed by atoms with Crippen molar-refractivity contribution in [2.24, 2.45) is 0 Å². The maximum absolute atomic E-state index is 12.1. The van der Waals surface area contributed by atoms with E-state index in [1.165, 1.54) is 12.8 Å². The highest BCUT2D eigenvalue weighted by atomic mass is 35.5. The number of rotatable bonds is 4. The summed E-state index contributed by atoms with van der Waals surface area (Å²) < 4.78 is 25.8. The number of sulfonamides is 1. The van der Waals surface area contributed by atoms with Crippen LogP contribution in [0.25, 0.3) is 0 Å². The van der Waals surface area contributed by atoms with Gasteiger partial charge in [-0.15, -0.1) is 11.6 Å². The number of hydrogen-bond donors (Lipinski definition) is 0. The number of hydrogen-bond acceptors (Lipinski definition) is 3. The molecule has 0 aromatic heterocycles. The van der Waals surface area contributed by atoms with E-state index >= 15 is 0 Å². The summed E-state index contributed by atoms with van der Waals surface area (Å²) in [5.41, 5.74) is 0. The first kappa shape index (κ1) is 13.6. The van der Waals surface area contributed by atoms with Crippen molar-refractivity contribution in [3.05, 3.63) is 0 Å². The highest BCUT2D eigenvalue weighted by Gasteiger charge is 2.33. The largest absolute Gasteiger partial charge is 0.298 e. The molecule has 0 saturated carbocycles. The van der Waals surface area contributed by atoms with Gasteiger partial charge in [-0.25, -0.2) is 8.42 Å². The predicted octanol–water partition coefficient (Wildman–Crippen LogP) is 1.12. The standard InChI is InChI=1S/C11H21ClN2O2S/c12-5-3-9-17(15,16)14-8-7-13-6-2-1-4-11(13)10-14/h11H,1-10H2. The van der Waals surface area contributed by atoms with Crippen LogP contribution in [0.2, 0.25) is 0 Å². The fourth-order valence-electron chi connectivity index (χ4n) is 2.75. The molecule has 0 radical (unpaired) electrons. The molecule has 2 fully saturated rings. The third-order valence-electron chi connectivity index (χ3n) is 3.73. The number of nitrogens with zero attached hydrogens (tertiary/aromatic N) is 2. The molecule has 17 heavy (non-hydrogen) atoms. The number of piperazine rings is 1. The van der Waals surface area contributed by atoms with Gasteiger partial charge in [0, 0.05) is 31.6 Å². The lowest BCUT2D eigenvalue weighted by Gasteiger charge is -2.43. The maximum atomic E-state index is 12.1. The minimum Gasteiger partial charge on any atom is -0.298 e. The molecule has 2 saturated heterocycles. The molecule has 0 amide bonds. The van der Waals surface area contributed by atoms with Gasteiger partial charge < -0.3 is 0 Å². The minimum absolute atomic E-state index is 0.198. The van der Waals surface area contributed by atoms with E-state index in [1.54, 1.807) is 4.31 Å². The molecule has 0 aromatic rings. The molecule has 0 bridgehead atoms. The summed E-state index contributed by atoms with van der Waals surface area (Å²) in [5.74, 6) is 0.617. The van der Waals surface area contributed by atoms with E-state index in [0.29, 0.717) is 31.4 Å². The van der Waals surface area contributed by atoms with E-state index in [2.05, 4.69) is 4.90 Å². The van der Waals surface area contributed by atoms with Gasteiger partial charge in [0.15, 0.2) is 0 Å². The number of alkyl halides is 1. The lowest BCUT2D eigenvalue weighted by molar-refractivity contribution is 0.0852. The second kappa shape index (κ2) is 5.87. The van der Waals surface area contributed by atoms with Gasteiger partial charge in [0.2, 0.25) is 10.0 Å². The number of fused-ring (bicyclic) bond motifs is 1. The lowest BCUT2D eigenvalue weighted by atomic mass is 10.0. The van der Waals surface area contributed by atoms with Crippen LogP contribution in [0.15, 0.2) is 0 Å². The minimum atomic E-state index is -3.07. The van der Waals surface area contributed by atoms with Crippen molar-refractivity contribution in [3.8, 4) is 0 Å². The summed E-state index contributed by atoms with van der Waals surface area (Å²) in [6.45, 7) is 3.37. The van der Waals surface area contributed by atoms with Crippen LogP contribution < -0.4 is 0 Å². The van der Waals surface area contributed by atoms with Crippen LogP contribution >= 0.6 is 11.6 Å². The summed E-state index contributed by atoms with van der Waals surface area (Å²) in [6.07, 6.45) is 4.18. The topological polar surface area (TPSA) is 40.6 Å². The molecular formula is C11H21ClN2O2S. The second-order valence-electron chi connectivity index (χ2n) is 4.90. The monoisotopic (exact) mass is 280 g/mol. The van der Waals surface area contributed by atoms with Gasteiger partial charge >= 0.3 is 0 Å². The van der Waals surface area contributed by atoms with E-state index in [4.69, 9.17) is 11.6 Å². The fourth-order valence-corrected chi connectivity index (χ4v) is 4.56. The van der Waals surface area contributed by atoms with E-state index in [-0.39, 0.29) is 5.75 Å². The summed E-state index contributed by atoms with van der Waals surface area (Å²) in [5, 5.41) is 0. The van der Waals surface area contributed by atoms with Crippen LogP contribution in [0, 0.1) is 0 Å². The van der Waals surface area contributed by atoms with Gasteiger partial charge in [-0.1, -0.05) is 6.42 Å². The molecule has 100 valence electrons. The van der Waals surface area contributed by atoms with Crippen molar-refractivity contribution in [3.63, 3.8) is 0 Å². The first-order valence-corrected chi connectivity index (χ1v) is 8.56. The molecule has 4 nitrogen and oxygen atoms in total. The third kappa shape index (κ3) is 3.34. The Kier molecular flexibility index (Phi) is 4.69. The molecular weight excluding hydrogens is 260 g/mol. The molecule has 2 aliphatic rings. The molecule has 2 heterocycles. The highest BCUT2D eigenvalue weighted by Crippen LogP contribution is 2.22. The zero-order valence-corrected chi connectivity index (χ0v) is 11.7. The average Bonchev–Trinajstić information content (AvgIpc) is 2.36. The summed E-state index contributed by atoms with van der Waals surface area (Å²) in [6, 6.07) is 0.447. The van der Waals surface area contributed by atoms with Crippen molar-refractivity contribution in [1.82, 2.24) is 9.21 Å². The van der Waals surface area contributed by atoms with Crippen LogP contribution in [0.3, 0.4) is 0 Å². The Balaban J connectivity index is 1.94. The first-order chi connectivity index (χ1) is 8.13. The molecule has 1 atom stereocenters. The van der Waals surface area contributed by atoms with Crippen molar-refractivity contribution in [1.29, 1.82) is 0 Å². The second-order valence-corrected chi connectivity index (χ2v) is 7.37. The van der Waals surface area contributed by atoms with Crippen molar-refractivity contribution in [2.75, 3.05) is 37.8 Å². The Morgan fingerprint density at radius 3 is 2.76 bits per heavy atom. The zero-order valence-electron chi connectivity index (χ0n) is 10.1.